The number of benzene rings is 5. The molecule has 5 aromatic carbocycles. The monoisotopic (exact) mass is 1800 g/mol. The van der Waals surface area contributed by atoms with Crippen LogP contribution in [0.4, 0.5) is 42.8 Å². The van der Waals surface area contributed by atoms with E-state index < -0.39 is 72.5 Å². The summed E-state index contributed by atoms with van der Waals surface area (Å²) in [5, 5.41) is 14.7. The van der Waals surface area contributed by atoms with Crippen molar-refractivity contribution in [1.82, 2.24) is 0 Å². The van der Waals surface area contributed by atoms with E-state index in [1.54, 1.807) is 93.5 Å². The van der Waals surface area contributed by atoms with Crippen LogP contribution >= 0.6 is 118 Å². The predicted octanol–water partition coefficient (Wildman–Crippen LogP) is 18.2. The van der Waals surface area contributed by atoms with E-state index >= 15 is 0 Å². The van der Waals surface area contributed by atoms with Crippen LogP contribution in [0.2, 0.25) is 20.1 Å². The Balaban J connectivity index is 0.000000460. The molecule has 4 heterocycles. The molecule has 39 heteroatoms. The van der Waals surface area contributed by atoms with Gasteiger partial charge in [-0.3, -0.25) is 15.4 Å². The number of hydrogen-bond acceptors (Lipinski definition) is 23. The number of anilines is 4. The second-order valence-electron chi connectivity index (χ2n) is 22.7. The molecule has 0 spiro atoms. The number of amides is 2. The van der Waals surface area contributed by atoms with Gasteiger partial charge in [0.1, 0.15) is 31.2 Å². The second kappa shape index (κ2) is 45.5. The maximum atomic E-state index is 12.8. The number of sulfonamides is 1. The van der Waals surface area contributed by atoms with Gasteiger partial charge in [0.2, 0.25) is 0 Å². The first-order chi connectivity index (χ1) is 49.9. The summed E-state index contributed by atoms with van der Waals surface area (Å²) in [5.74, 6) is -4.67. The van der Waals surface area contributed by atoms with E-state index in [0.29, 0.717) is 38.3 Å². The molecular weight excluding hydrogens is 1730 g/mol. The van der Waals surface area contributed by atoms with Crippen LogP contribution in [-0.2, 0) is 52.3 Å². The molecule has 0 unspecified atom stereocenters. The minimum absolute atomic E-state index is 0. The number of thiophene rings is 4. The molecule has 9 rings (SSSR count). The fourth-order valence-electron chi connectivity index (χ4n) is 7.82. The van der Waals surface area contributed by atoms with Crippen molar-refractivity contribution in [3.63, 3.8) is 0 Å². The van der Waals surface area contributed by atoms with Gasteiger partial charge in [-0.1, -0.05) is 137 Å². The topological polar surface area (TPSA) is 355 Å². The van der Waals surface area contributed by atoms with Crippen molar-refractivity contribution in [3.8, 4) is 31.3 Å². The molecule has 0 aliphatic heterocycles. The van der Waals surface area contributed by atoms with Gasteiger partial charge in [0.05, 0.1) is 62.3 Å². The van der Waals surface area contributed by atoms with Crippen LogP contribution in [0.25, 0.3) is 31.3 Å². The number of ether oxygens (including phenoxy) is 6. The number of carbonyl (C=O) groups excluding carboxylic acids is 6. The average molecular weight is 1800 g/mol. The predicted molar refractivity (Wildman–Crippen MR) is 422 cm³/mol. The largest absolute Gasteiger partial charge is 1.00 e. The molecule has 584 valence electrons. The molecule has 0 aliphatic carbocycles. The van der Waals surface area contributed by atoms with Crippen LogP contribution in [0.15, 0.2) is 165 Å². The Hall–Kier alpha value is -7.03. The van der Waals surface area contributed by atoms with Crippen molar-refractivity contribution >= 4 is 199 Å². The molecule has 4 aromatic heterocycles. The maximum Gasteiger partial charge on any atom is 1.00 e. The van der Waals surface area contributed by atoms with Crippen LogP contribution in [-0.4, -0.2) is 113 Å². The molecule has 109 heavy (non-hydrogen) atoms. The van der Waals surface area contributed by atoms with Crippen LogP contribution in [0.1, 0.15) is 111 Å². The van der Waals surface area contributed by atoms with Crippen molar-refractivity contribution in [2.45, 2.75) is 96.4 Å². The SMILES string of the molecule is CCOC(=O)c1cc(-c2ccccc2)sc1N.CCOC(=O)c1cc(-c2ccccc2)sc1NC(=O)OC(C)(C)C.CCOC(=O)c1cc(-c2ccccc2)sc1NS(=O)(=O)c1cc(Cl)cc(Cl)c1.CCOC(=O)c1cc(Br)sc1NC(=O)OC(C)(C)C.O=C(O)C(F)(F)F.O=S(=O)(Cl)c1cc(Cl)cc(Cl)c1.[Na+].[OH-]. The molecule has 9 aromatic rings. The summed E-state index contributed by atoms with van der Waals surface area (Å²) in [6.45, 7) is 18.6. The Morgan fingerprint density at radius 3 is 1.10 bits per heavy atom. The first kappa shape index (κ1) is 98.0. The smallest absolute Gasteiger partial charge is 0.870 e. The van der Waals surface area contributed by atoms with Gasteiger partial charge in [-0.25, -0.2) is 50.4 Å². The summed E-state index contributed by atoms with van der Waals surface area (Å²) in [6.07, 6.45) is -6.29. The average Bonchev–Trinajstić information content (AvgIpc) is 1.72. The third-order valence-electron chi connectivity index (χ3n) is 12.0. The number of hydrogen-bond donors (Lipinski definition) is 5. The summed E-state index contributed by atoms with van der Waals surface area (Å²) in [7, 11) is -2.70. The third-order valence-corrected chi connectivity index (χ3v) is 20.5. The maximum absolute atomic E-state index is 12.8. The zero-order valence-corrected chi connectivity index (χ0v) is 71.8. The van der Waals surface area contributed by atoms with Gasteiger partial charge in [0, 0.05) is 45.4 Å². The standard InChI is InChI=1S/C19H15Cl2NO4S2.C18H21NO4S.C13H13NO2S.C12H16BrNO4S.C6H3Cl3O2S.C2HF3O2.Na.H2O/c1-2-26-19(23)16-11-17(12-6-4-3-5-7-12)27-18(16)22-28(24,25)15-9-13(20)8-14(21)10-15;1-5-22-16(20)13-11-14(12-9-7-6-8-10-12)24-15(13)19-17(21)23-18(2,3)4;1-2-16-13(15)10-8-11(17-12(10)14)9-6-4-3-5-7-9;1-5-17-10(15)7-6-8(13)19-9(7)14-11(16)18-12(2,3)4;7-4-1-5(8)3-6(2-4)12(9,10)11;3-2(4,5)1(6)7;;/h3-11,22H,2H2,1H3;6-11H,5H2,1-4H3,(H,19,21);3-8H,2,14H2,1H3;6H,5H2,1-4H3,(H,14,16);1-3H;(H,6,7);;1H2/q;;;;;;+1;/p-1. The quantitative estimate of drug-likeness (QED) is 0.0245. The molecule has 0 saturated carbocycles. The molecular formula is C70H70BrCl5F3N4NaO19S6. The molecule has 23 nitrogen and oxygen atoms in total. The summed E-state index contributed by atoms with van der Waals surface area (Å²) in [5.41, 5.74) is 8.72. The van der Waals surface area contributed by atoms with E-state index in [0.717, 1.165) is 46.4 Å². The van der Waals surface area contributed by atoms with Crippen molar-refractivity contribution < 1.29 is 132 Å². The van der Waals surface area contributed by atoms with Crippen molar-refractivity contribution in [1.29, 1.82) is 0 Å². The zero-order chi connectivity index (χ0) is 80.4. The molecule has 0 saturated heterocycles. The summed E-state index contributed by atoms with van der Waals surface area (Å²) >= 11 is 31.3. The van der Waals surface area contributed by atoms with Crippen molar-refractivity contribution in [2.75, 3.05) is 47.5 Å². The van der Waals surface area contributed by atoms with Crippen LogP contribution in [0.3, 0.4) is 0 Å². The Morgan fingerprint density at radius 1 is 0.477 bits per heavy atom. The van der Waals surface area contributed by atoms with Crippen molar-refractivity contribution in [2.24, 2.45) is 0 Å². The normalized spacial score (nSPS) is 10.8. The molecule has 0 aliphatic rings. The van der Waals surface area contributed by atoms with E-state index in [-0.39, 0.29) is 101 Å². The number of aliphatic carboxylic acids is 1. The second-order valence-corrected chi connectivity index (χ2v) is 34.3. The van der Waals surface area contributed by atoms with Gasteiger partial charge in [-0.15, -0.1) is 45.3 Å². The van der Waals surface area contributed by atoms with Crippen LogP contribution < -0.4 is 50.6 Å². The summed E-state index contributed by atoms with van der Waals surface area (Å²) < 4.78 is 113. The molecule has 0 atom stereocenters. The minimum Gasteiger partial charge on any atom is -0.870 e. The molecule has 2 amide bonds. The van der Waals surface area contributed by atoms with E-state index in [9.17, 15) is 58.8 Å². The molecule has 7 N–H and O–H groups in total. The summed E-state index contributed by atoms with van der Waals surface area (Å²) in [6, 6.07) is 43.4. The van der Waals surface area contributed by atoms with Crippen molar-refractivity contribution in [3.05, 3.63) is 198 Å². The van der Waals surface area contributed by atoms with E-state index in [4.69, 9.17) is 101 Å². The van der Waals surface area contributed by atoms with Gasteiger partial charge in [-0.2, -0.15) is 13.2 Å². The zero-order valence-electron chi connectivity index (χ0n) is 59.5. The fourth-order valence-corrected chi connectivity index (χ4v) is 15.8. The molecule has 0 radical (unpaired) electrons. The number of halogens is 9. The van der Waals surface area contributed by atoms with Crippen LogP contribution in [0, 0.1) is 0 Å². The number of carboxylic acid groups (broad SMARTS) is 1. The number of nitrogen functional groups attached to an aromatic ring is 1. The fraction of sp³-hybridized carbons (Fsp3) is 0.243. The molecule has 0 fully saturated rings. The van der Waals surface area contributed by atoms with E-state index in [2.05, 4.69) is 31.3 Å². The number of carboxylic acids is 1. The van der Waals surface area contributed by atoms with Gasteiger partial charge >= 0.3 is 77.8 Å². The van der Waals surface area contributed by atoms with E-state index in [1.165, 1.54) is 70.4 Å². The van der Waals surface area contributed by atoms with Gasteiger partial charge < -0.3 is 44.7 Å². The third kappa shape index (κ3) is 34.2. The Morgan fingerprint density at radius 2 is 0.771 bits per heavy atom. The Bertz CT molecular complexity index is 4740. The Labute approximate surface area is 697 Å². The number of carbonyl (C=O) groups is 7. The van der Waals surface area contributed by atoms with E-state index in [1.807, 2.05) is 91.0 Å². The van der Waals surface area contributed by atoms with Gasteiger partial charge in [-0.05, 0) is 163 Å². The number of rotatable bonds is 17. The van der Waals surface area contributed by atoms with Gasteiger partial charge in [0.15, 0.2) is 0 Å². The first-order valence-corrected chi connectivity index (χ1v) is 40.3. The molecule has 0 bridgehead atoms. The number of alkyl halides is 3. The minimum atomic E-state index is -5.08. The van der Waals surface area contributed by atoms with Crippen LogP contribution in [0.5, 0.6) is 0 Å². The number of esters is 4. The number of nitrogens with two attached hydrogens (primary N) is 1. The first-order valence-electron chi connectivity index (χ1n) is 30.9. The summed E-state index contributed by atoms with van der Waals surface area (Å²) in [4.78, 5) is 82.8. The Kier molecular flexibility index (Phi) is 40.9. The van der Waals surface area contributed by atoms with Gasteiger partial charge in [0.25, 0.3) is 19.1 Å². The number of nitrogens with one attached hydrogen (secondary N) is 3.